The smallest absolute Gasteiger partial charge is 0.336 e. The molecule has 0 aliphatic heterocycles. The zero-order valence-electron chi connectivity index (χ0n) is 9.48. The van der Waals surface area contributed by atoms with Gasteiger partial charge in [0.2, 0.25) is 0 Å². The summed E-state index contributed by atoms with van der Waals surface area (Å²) >= 11 is 0. The van der Waals surface area contributed by atoms with Crippen LogP contribution in [0, 0.1) is 0 Å². The lowest BCUT2D eigenvalue weighted by Crippen LogP contribution is -2.10. The van der Waals surface area contributed by atoms with Crippen LogP contribution in [-0.4, -0.2) is 30.2 Å². The van der Waals surface area contributed by atoms with Gasteiger partial charge in [-0.3, -0.25) is 4.99 Å². The quantitative estimate of drug-likeness (QED) is 0.334. The number of aliphatic carboxylic acids is 1. The van der Waals surface area contributed by atoms with Gasteiger partial charge in [-0.25, -0.2) is 9.79 Å². The molecule has 0 saturated heterocycles. The number of carboxylic acid groups (broad SMARTS) is 1. The molecule has 82 valence electrons. The molecule has 0 rings (SSSR count). The number of hydrogen-bond donors (Lipinski definition) is 1. The largest absolute Gasteiger partial charge is 0.478 e. The maximum atomic E-state index is 10.9. The summed E-state index contributed by atoms with van der Waals surface area (Å²) in [4.78, 5) is 18.9. The van der Waals surface area contributed by atoms with E-state index in [1.54, 1.807) is 40.1 Å². The van der Waals surface area contributed by atoms with E-state index >= 15 is 0 Å². The van der Waals surface area contributed by atoms with Crippen LogP contribution >= 0.6 is 0 Å². The van der Waals surface area contributed by atoms with E-state index in [-0.39, 0.29) is 5.57 Å². The average molecular weight is 208 g/mol. The van der Waals surface area contributed by atoms with E-state index < -0.39 is 5.97 Å². The Labute approximate surface area is 89.8 Å². The van der Waals surface area contributed by atoms with Crippen molar-refractivity contribution in [3.8, 4) is 0 Å². The second kappa shape index (κ2) is 6.70. The van der Waals surface area contributed by atoms with Crippen LogP contribution in [0.5, 0.6) is 0 Å². The van der Waals surface area contributed by atoms with Gasteiger partial charge < -0.3 is 5.11 Å². The van der Waals surface area contributed by atoms with Crippen molar-refractivity contribution in [2.24, 2.45) is 9.98 Å². The third kappa shape index (κ3) is 3.50. The first-order valence-corrected chi connectivity index (χ1v) is 4.64. The monoisotopic (exact) mass is 208 g/mol. The third-order valence-electron chi connectivity index (χ3n) is 1.80. The summed E-state index contributed by atoms with van der Waals surface area (Å²) in [6, 6.07) is 0. The molecule has 0 spiro atoms. The summed E-state index contributed by atoms with van der Waals surface area (Å²) in [6.45, 7) is 5.20. The molecule has 0 amide bonds. The van der Waals surface area contributed by atoms with Gasteiger partial charge in [0.05, 0.1) is 5.57 Å². The Bertz CT molecular complexity index is 350. The van der Waals surface area contributed by atoms with Crippen molar-refractivity contribution >= 4 is 18.0 Å². The van der Waals surface area contributed by atoms with Crippen molar-refractivity contribution in [2.45, 2.75) is 20.8 Å². The molecule has 15 heavy (non-hydrogen) atoms. The van der Waals surface area contributed by atoms with Gasteiger partial charge in [-0.05, 0) is 20.8 Å². The molecule has 0 saturated carbocycles. The average Bonchev–Trinajstić information content (AvgIpc) is 2.22. The SMILES string of the molecule is CC=NC(=NC)C(=C/C)/C(=C\C)C(=O)O. The van der Waals surface area contributed by atoms with Gasteiger partial charge in [0, 0.05) is 18.8 Å². The first-order chi connectivity index (χ1) is 7.12. The summed E-state index contributed by atoms with van der Waals surface area (Å²) in [5, 5.41) is 8.97. The van der Waals surface area contributed by atoms with Crippen LogP contribution in [0.25, 0.3) is 0 Å². The highest BCUT2D eigenvalue weighted by Crippen LogP contribution is 2.13. The molecule has 0 aromatic heterocycles. The Hall–Kier alpha value is -1.71. The van der Waals surface area contributed by atoms with Crippen molar-refractivity contribution in [3.63, 3.8) is 0 Å². The fourth-order valence-corrected chi connectivity index (χ4v) is 1.17. The van der Waals surface area contributed by atoms with Gasteiger partial charge in [0.25, 0.3) is 0 Å². The summed E-state index contributed by atoms with van der Waals surface area (Å²) in [5.41, 5.74) is 0.745. The Kier molecular flexibility index (Phi) is 5.94. The van der Waals surface area contributed by atoms with Gasteiger partial charge in [-0.2, -0.15) is 0 Å². The first-order valence-electron chi connectivity index (χ1n) is 4.64. The number of allylic oxidation sites excluding steroid dienone is 2. The van der Waals surface area contributed by atoms with Crippen molar-refractivity contribution in [1.82, 2.24) is 0 Å². The van der Waals surface area contributed by atoms with Crippen LogP contribution in [0.2, 0.25) is 0 Å². The predicted octanol–water partition coefficient (Wildman–Crippen LogP) is 2.08. The van der Waals surface area contributed by atoms with E-state index in [0.29, 0.717) is 11.4 Å². The van der Waals surface area contributed by atoms with Crippen molar-refractivity contribution in [2.75, 3.05) is 7.05 Å². The zero-order valence-corrected chi connectivity index (χ0v) is 9.48. The van der Waals surface area contributed by atoms with E-state index in [1.165, 1.54) is 6.08 Å². The lowest BCUT2D eigenvalue weighted by atomic mass is 10.1. The molecule has 1 N–H and O–H groups in total. The Morgan fingerprint density at radius 1 is 1.13 bits per heavy atom. The molecule has 0 radical (unpaired) electrons. The minimum absolute atomic E-state index is 0.212. The number of carboxylic acids is 1. The van der Waals surface area contributed by atoms with E-state index in [9.17, 15) is 4.79 Å². The van der Waals surface area contributed by atoms with Gasteiger partial charge in [0.15, 0.2) is 5.84 Å². The van der Waals surface area contributed by atoms with Crippen molar-refractivity contribution < 1.29 is 9.90 Å². The van der Waals surface area contributed by atoms with Crippen LogP contribution in [0.3, 0.4) is 0 Å². The molecule has 0 aliphatic carbocycles. The summed E-state index contributed by atoms with van der Waals surface area (Å²) in [7, 11) is 1.58. The highest BCUT2D eigenvalue weighted by atomic mass is 16.4. The molecular formula is C11H16N2O2. The van der Waals surface area contributed by atoms with Crippen LogP contribution in [-0.2, 0) is 4.79 Å². The molecule has 0 atom stereocenters. The second-order valence-electron chi connectivity index (χ2n) is 2.64. The Morgan fingerprint density at radius 2 is 1.67 bits per heavy atom. The number of rotatable bonds is 3. The van der Waals surface area contributed by atoms with Crippen LogP contribution in [0.1, 0.15) is 20.8 Å². The van der Waals surface area contributed by atoms with E-state index in [0.717, 1.165) is 0 Å². The van der Waals surface area contributed by atoms with Gasteiger partial charge in [0.1, 0.15) is 0 Å². The fourth-order valence-electron chi connectivity index (χ4n) is 1.17. The van der Waals surface area contributed by atoms with Crippen LogP contribution in [0.15, 0.2) is 33.3 Å². The zero-order chi connectivity index (χ0) is 11.8. The normalized spacial score (nSPS) is 14.8. The molecule has 0 fully saturated rings. The standard InChI is InChI=1S/C11H16N2O2/c1-5-8(9(6-2)11(14)15)10(12-4)13-7-3/h5-7H,1-4H3,(H,14,15)/b8-5+,9-6+,12-10?,13-7?. The molecular weight excluding hydrogens is 192 g/mol. The second-order valence-corrected chi connectivity index (χ2v) is 2.64. The Balaban J connectivity index is 5.35. The number of aliphatic imine (C=N–C) groups is 2. The van der Waals surface area contributed by atoms with E-state index in [1.807, 2.05) is 0 Å². The minimum Gasteiger partial charge on any atom is -0.478 e. The maximum Gasteiger partial charge on any atom is 0.336 e. The van der Waals surface area contributed by atoms with E-state index in [2.05, 4.69) is 9.98 Å². The van der Waals surface area contributed by atoms with Gasteiger partial charge in [-0.15, -0.1) is 0 Å². The lowest BCUT2D eigenvalue weighted by Gasteiger charge is -2.06. The summed E-state index contributed by atoms with van der Waals surface area (Å²) < 4.78 is 0. The molecule has 4 heteroatoms. The summed E-state index contributed by atoms with van der Waals surface area (Å²) in [6.07, 6.45) is 4.81. The number of amidine groups is 1. The van der Waals surface area contributed by atoms with Gasteiger partial charge >= 0.3 is 5.97 Å². The number of nitrogens with zero attached hydrogens (tertiary/aromatic N) is 2. The van der Waals surface area contributed by atoms with Crippen LogP contribution < -0.4 is 0 Å². The fraction of sp³-hybridized carbons (Fsp3) is 0.364. The molecule has 0 bridgehead atoms. The van der Waals surface area contributed by atoms with Crippen molar-refractivity contribution in [3.05, 3.63) is 23.3 Å². The van der Waals surface area contributed by atoms with Crippen LogP contribution in [0.4, 0.5) is 0 Å². The van der Waals surface area contributed by atoms with Crippen molar-refractivity contribution in [1.29, 1.82) is 0 Å². The molecule has 0 aromatic carbocycles. The predicted molar refractivity (Wildman–Crippen MR) is 62.7 cm³/mol. The lowest BCUT2D eigenvalue weighted by molar-refractivity contribution is -0.132. The summed E-state index contributed by atoms with van der Waals surface area (Å²) in [5.74, 6) is -0.548. The van der Waals surface area contributed by atoms with E-state index in [4.69, 9.17) is 5.11 Å². The molecule has 0 aliphatic rings. The molecule has 0 heterocycles. The highest BCUT2D eigenvalue weighted by Gasteiger charge is 2.15. The topological polar surface area (TPSA) is 62.0 Å². The number of carbonyl (C=O) groups is 1. The highest BCUT2D eigenvalue weighted by molar-refractivity contribution is 6.12. The minimum atomic E-state index is -0.974. The number of hydrogen-bond acceptors (Lipinski definition) is 2. The van der Waals surface area contributed by atoms with Gasteiger partial charge in [-0.1, -0.05) is 12.2 Å². The maximum absolute atomic E-state index is 10.9. The molecule has 0 aromatic rings. The molecule has 4 nitrogen and oxygen atoms in total. The Morgan fingerprint density at radius 3 is 1.93 bits per heavy atom. The molecule has 0 unspecified atom stereocenters. The first kappa shape index (κ1) is 13.3. The third-order valence-corrected chi connectivity index (χ3v) is 1.80.